The molecule has 0 bridgehead atoms. The van der Waals surface area contributed by atoms with Crippen LogP contribution in [0.1, 0.15) is 50.3 Å². The second kappa shape index (κ2) is 8.10. The zero-order valence-electron chi connectivity index (χ0n) is 10.0. The summed E-state index contributed by atoms with van der Waals surface area (Å²) in [6.45, 7) is 2.24. The Bertz CT molecular complexity index is 285. The van der Waals surface area contributed by atoms with Crippen molar-refractivity contribution in [3.63, 3.8) is 0 Å². The monoisotopic (exact) mass is 259 g/mol. The SMILES string of the molecule is CCCCCCCC(N)Cc1ccc(Cl)s1. The fraction of sp³-hybridized carbons (Fsp3) is 0.692. The molecule has 0 spiro atoms. The van der Waals surface area contributed by atoms with E-state index >= 15 is 0 Å². The molecule has 92 valence electrons. The Morgan fingerprint density at radius 2 is 2.00 bits per heavy atom. The fourth-order valence-corrected chi connectivity index (χ4v) is 3.01. The van der Waals surface area contributed by atoms with Crippen LogP contribution >= 0.6 is 22.9 Å². The fourth-order valence-electron chi connectivity index (χ4n) is 1.83. The van der Waals surface area contributed by atoms with Crippen LogP contribution in [-0.4, -0.2) is 6.04 Å². The molecule has 1 nitrogen and oxygen atoms in total. The predicted molar refractivity (Wildman–Crippen MR) is 74.4 cm³/mol. The first kappa shape index (κ1) is 14.0. The molecule has 1 atom stereocenters. The molecule has 0 aliphatic heterocycles. The van der Waals surface area contributed by atoms with Crippen molar-refractivity contribution < 1.29 is 0 Å². The smallest absolute Gasteiger partial charge is 0.0931 e. The van der Waals surface area contributed by atoms with E-state index < -0.39 is 0 Å². The van der Waals surface area contributed by atoms with Crippen molar-refractivity contribution in [1.82, 2.24) is 0 Å². The van der Waals surface area contributed by atoms with E-state index in [2.05, 4.69) is 13.0 Å². The third-order valence-electron chi connectivity index (χ3n) is 2.77. The highest BCUT2D eigenvalue weighted by atomic mass is 35.5. The van der Waals surface area contributed by atoms with Gasteiger partial charge < -0.3 is 5.73 Å². The quantitative estimate of drug-likeness (QED) is 0.677. The number of hydrogen-bond acceptors (Lipinski definition) is 2. The van der Waals surface area contributed by atoms with Crippen LogP contribution in [0.5, 0.6) is 0 Å². The highest BCUT2D eigenvalue weighted by Crippen LogP contribution is 2.23. The van der Waals surface area contributed by atoms with Gasteiger partial charge in [0.05, 0.1) is 4.34 Å². The van der Waals surface area contributed by atoms with Crippen molar-refractivity contribution in [2.24, 2.45) is 5.73 Å². The molecule has 2 N–H and O–H groups in total. The second-order valence-electron chi connectivity index (χ2n) is 4.37. The molecule has 1 rings (SSSR count). The molecule has 1 heterocycles. The number of unbranched alkanes of at least 4 members (excludes halogenated alkanes) is 4. The maximum atomic E-state index is 6.09. The van der Waals surface area contributed by atoms with E-state index in [-0.39, 0.29) is 0 Å². The molecular formula is C13H22ClNS. The standard InChI is InChI=1S/C13H22ClNS/c1-2-3-4-5-6-7-11(15)10-12-8-9-13(14)16-12/h8-9,11H,2-7,10,15H2,1H3. The Morgan fingerprint density at radius 3 is 2.62 bits per heavy atom. The lowest BCUT2D eigenvalue weighted by molar-refractivity contribution is 0.540. The number of thiophene rings is 1. The van der Waals surface area contributed by atoms with Crippen LogP contribution in [0, 0.1) is 0 Å². The lowest BCUT2D eigenvalue weighted by Crippen LogP contribution is -2.22. The minimum Gasteiger partial charge on any atom is -0.327 e. The van der Waals surface area contributed by atoms with Crippen LogP contribution in [0.25, 0.3) is 0 Å². The molecule has 0 aromatic carbocycles. The first-order chi connectivity index (χ1) is 7.72. The topological polar surface area (TPSA) is 26.0 Å². The zero-order valence-corrected chi connectivity index (χ0v) is 11.6. The Morgan fingerprint density at radius 1 is 1.25 bits per heavy atom. The average Bonchev–Trinajstić information content (AvgIpc) is 2.63. The van der Waals surface area contributed by atoms with E-state index in [1.165, 1.54) is 37.0 Å². The van der Waals surface area contributed by atoms with E-state index in [1.807, 2.05) is 6.07 Å². The number of rotatable bonds is 8. The van der Waals surface area contributed by atoms with Gasteiger partial charge >= 0.3 is 0 Å². The van der Waals surface area contributed by atoms with Crippen LogP contribution in [0.15, 0.2) is 12.1 Å². The molecule has 0 fully saturated rings. The van der Waals surface area contributed by atoms with Crippen molar-refractivity contribution in [1.29, 1.82) is 0 Å². The molecule has 1 aromatic rings. The van der Waals surface area contributed by atoms with Crippen LogP contribution in [-0.2, 0) is 6.42 Å². The number of hydrogen-bond donors (Lipinski definition) is 1. The summed E-state index contributed by atoms with van der Waals surface area (Å²) in [6, 6.07) is 4.34. The van der Waals surface area contributed by atoms with E-state index in [1.54, 1.807) is 11.3 Å². The molecule has 0 amide bonds. The first-order valence-electron chi connectivity index (χ1n) is 6.22. The summed E-state index contributed by atoms with van der Waals surface area (Å²) >= 11 is 7.53. The maximum absolute atomic E-state index is 6.09. The molecule has 3 heteroatoms. The normalized spacial score (nSPS) is 12.9. The molecule has 0 radical (unpaired) electrons. The van der Waals surface area contributed by atoms with Crippen molar-refractivity contribution in [2.75, 3.05) is 0 Å². The van der Waals surface area contributed by atoms with Gasteiger partial charge in [0.25, 0.3) is 0 Å². The summed E-state index contributed by atoms with van der Waals surface area (Å²) < 4.78 is 0.866. The number of halogens is 1. The number of nitrogens with two attached hydrogens (primary N) is 1. The Kier molecular flexibility index (Phi) is 7.10. The molecule has 0 aliphatic rings. The molecule has 1 aromatic heterocycles. The Balaban J connectivity index is 2.09. The Hall–Kier alpha value is -0.0500. The van der Waals surface area contributed by atoms with Gasteiger partial charge in [0, 0.05) is 10.9 Å². The van der Waals surface area contributed by atoms with E-state index in [0.717, 1.165) is 17.2 Å². The Labute approximate surface area is 108 Å². The van der Waals surface area contributed by atoms with Crippen molar-refractivity contribution in [3.8, 4) is 0 Å². The van der Waals surface area contributed by atoms with Crippen LogP contribution < -0.4 is 5.73 Å². The van der Waals surface area contributed by atoms with E-state index in [0.29, 0.717) is 6.04 Å². The van der Waals surface area contributed by atoms with E-state index in [4.69, 9.17) is 17.3 Å². The molecular weight excluding hydrogens is 238 g/mol. The van der Waals surface area contributed by atoms with Crippen molar-refractivity contribution >= 4 is 22.9 Å². The van der Waals surface area contributed by atoms with Gasteiger partial charge in [-0.05, 0) is 25.0 Å². The summed E-state index contributed by atoms with van der Waals surface area (Å²) in [5, 5.41) is 0. The van der Waals surface area contributed by atoms with Gasteiger partial charge in [-0.25, -0.2) is 0 Å². The third-order valence-corrected chi connectivity index (χ3v) is 4.02. The molecule has 16 heavy (non-hydrogen) atoms. The molecule has 1 unspecified atom stereocenters. The van der Waals surface area contributed by atoms with Gasteiger partial charge in [-0.3, -0.25) is 0 Å². The van der Waals surface area contributed by atoms with Crippen molar-refractivity contribution in [3.05, 3.63) is 21.3 Å². The van der Waals surface area contributed by atoms with Crippen LogP contribution in [0.2, 0.25) is 4.34 Å². The van der Waals surface area contributed by atoms with Crippen molar-refractivity contribution in [2.45, 2.75) is 57.9 Å². The van der Waals surface area contributed by atoms with E-state index in [9.17, 15) is 0 Å². The summed E-state index contributed by atoms with van der Waals surface area (Å²) in [7, 11) is 0. The predicted octanol–water partition coefficient (Wildman–Crippen LogP) is 4.63. The minimum atomic E-state index is 0.302. The van der Waals surface area contributed by atoms with Crippen LogP contribution in [0.4, 0.5) is 0 Å². The minimum absolute atomic E-state index is 0.302. The van der Waals surface area contributed by atoms with Gasteiger partial charge in [0.15, 0.2) is 0 Å². The van der Waals surface area contributed by atoms with Gasteiger partial charge in [0.1, 0.15) is 0 Å². The second-order valence-corrected chi connectivity index (χ2v) is 6.17. The first-order valence-corrected chi connectivity index (χ1v) is 7.41. The summed E-state index contributed by atoms with van der Waals surface area (Å²) in [5.41, 5.74) is 6.09. The van der Waals surface area contributed by atoms with Gasteiger partial charge in [0.2, 0.25) is 0 Å². The lowest BCUT2D eigenvalue weighted by atomic mass is 10.0. The molecule has 0 saturated heterocycles. The van der Waals surface area contributed by atoms with Crippen LogP contribution in [0.3, 0.4) is 0 Å². The third kappa shape index (κ3) is 5.88. The maximum Gasteiger partial charge on any atom is 0.0931 e. The highest BCUT2D eigenvalue weighted by molar-refractivity contribution is 7.16. The van der Waals surface area contributed by atoms with Gasteiger partial charge in [-0.2, -0.15) is 0 Å². The largest absolute Gasteiger partial charge is 0.327 e. The summed E-state index contributed by atoms with van der Waals surface area (Å²) in [6.07, 6.45) is 8.72. The summed E-state index contributed by atoms with van der Waals surface area (Å²) in [5.74, 6) is 0. The zero-order chi connectivity index (χ0) is 11.8. The molecule has 0 aliphatic carbocycles. The molecule has 0 saturated carbocycles. The van der Waals surface area contributed by atoms with Gasteiger partial charge in [-0.15, -0.1) is 11.3 Å². The average molecular weight is 260 g/mol. The lowest BCUT2D eigenvalue weighted by Gasteiger charge is -2.09. The highest BCUT2D eigenvalue weighted by Gasteiger charge is 2.05. The van der Waals surface area contributed by atoms with Gasteiger partial charge in [-0.1, -0.05) is 50.6 Å². The summed E-state index contributed by atoms with van der Waals surface area (Å²) in [4.78, 5) is 1.31.